The predicted molar refractivity (Wildman–Crippen MR) is 125 cm³/mol. The summed E-state index contributed by atoms with van der Waals surface area (Å²) < 4.78 is 25.4. The lowest BCUT2D eigenvalue weighted by Gasteiger charge is -2.16. The Labute approximate surface area is 190 Å². The lowest BCUT2D eigenvalue weighted by Crippen LogP contribution is -2.22. The number of hydrogen-bond acceptors (Lipinski definition) is 6. The molecular formula is C24H21N3O3S2. The molecule has 6 nitrogen and oxygen atoms in total. The topological polar surface area (TPSA) is 89.0 Å². The average Bonchev–Trinajstić information content (AvgIpc) is 3.25. The Bertz CT molecular complexity index is 1280. The van der Waals surface area contributed by atoms with Crippen molar-refractivity contribution < 1.29 is 13.2 Å². The first-order valence-corrected chi connectivity index (χ1v) is 12.4. The number of hydrogen-bond donors (Lipinski definition) is 1. The molecule has 3 aromatic carbocycles. The Morgan fingerprint density at radius 1 is 0.906 bits per heavy atom. The van der Waals surface area contributed by atoms with Crippen molar-refractivity contribution in [3.63, 3.8) is 0 Å². The molecule has 32 heavy (non-hydrogen) atoms. The molecule has 162 valence electrons. The standard InChI is InChI=1S/C24H21N3O3S2/c1-17-9-8-10-18(15-17)16-32(29,30)24-27-26-23(31-24)25-22(28)21(19-11-4-2-5-12-19)20-13-6-3-7-14-20/h2-15,21H,16H2,1H3,(H,25,26,28). The molecule has 0 aliphatic heterocycles. The van der Waals surface area contributed by atoms with Crippen molar-refractivity contribution >= 4 is 32.2 Å². The molecule has 1 heterocycles. The number of sulfone groups is 1. The van der Waals surface area contributed by atoms with Crippen LogP contribution in [0.15, 0.2) is 89.3 Å². The van der Waals surface area contributed by atoms with Gasteiger partial charge in [-0.1, -0.05) is 102 Å². The summed E-state index contributed by atoms with van der Waals surface area (Å²) in [6.07, 6.45) is 0. The fourth-order valence-corrected chi connectivity index (χ4v) is 5.74. The number of carbonyl (C=O) groups is 1. The second-order valence-corrected chi connectivity index (χ2v) is 10.5. The molecule has 0 bridgehead atoms. The smallest absolute Gasteiger partial charge is 0.238 e. The van der Waals surface area contributed by atoms with Gasteiger partial charge < -0.3 is 0 Å². The number of aryl methyl sites for hydroxylation is 1. The van der Waals surface area contributed by atoms with E-state index in [-0.39, 0.29) is 21.1 Å². The molecule has 0 unspecified atom stereocenters. The van der Waals surface area contributed by atoms with Gasteiger partial charge in [0.05, 0.1) is 11.7 Å². The van der Waals surface area contributed by atoms with Gasteiger partial charge in [-0.25, -0.2) is 8.42 Å². The van der Waals surface area contributed by atoms with Crippen LogP contribution in [0.25, 0.3) is 0 Å². The number of aromatic nitrogens is 2. The van der Waals surface area contributed by atoms with Crippen molar-refractivity contribution in [2.24, 2.45) is 0 Å². The molecular weight excluding hydrogens is 442 g/mol. The quantitative estimate of drug-likeness (QED) is 0.405. The van der Waals surface area contributed by atoms with Crippen molar-refractivity contribution in [2.75, 3.05) is 5.32 Å². The fraction of sp³-hybridized carbons (Fsp3) is 0.125. The monoisotopic (exact) mass is 463 g/mol. The van der Waals surface area contributed by atoms with Gasteiger partial charge in [-0.3, -0.25) is 10.1 Å². The Morgan fingerprint density at radius 2 is 1.53 bits per heavy atom. The molecule has 4 aromatic rings. The highest BCUT2D eigenvalue weighted by molar-refractivity contribution is 7.92. The van der Waals surface area contributed by atoms with Crippen LogP contribution in [0.1, 0.15) is 28.2 Å². The summed E-state index contributed by atoms with van der Waals surface area (Å²) in [6.45, 7) is 1.91. The zero-order valence-electron chi connectivity index (χ0n) is 17.3. The molecule has 0 aliphatic rings. The van der Waals surface area contributed by atoms with Crippen LogP contribution in [-0.2, 0) is 20.4 Å². The van der Waals surface area contributed by atoms with Crippen LogP contribution >= 0.6 is 11.3 Å². The van der Waals surface area contributed by atoms with Gasteiger partial charge in [0.2, 0.25) is 25.2 Å². The summed E-state index contributed by atoms with van der Waals surface area (Å²) in [6, 6.07) is 26.1. The first-order chi connectivity index (χ1) is 15.4. The van der Waals surface area contributed by atoms with Crippen LogP contribution in [0.2, 0.25) is 0 Å². The summed E-state index contributed by atoms with van der Waals surface area (Å²) >= 11 is 0.857. The van der Waals surface area contributed by atoms with E-state index in [1.54, 1.807) is 6.07 Å². The molecule has 0 radical (unpaired) electrons. The Kier molecular flexibility index (Phi) is 6.43. The molecule has 0 atom stereocenters. The Balaban J connectivity index is 1.56. The number of nitrogens with zero attached hydrogens (tertiary/aromatic N) is 2. The van der Waals surface area contributed by atoms with Gasteiger partial charge in [0, 0.05) is 0 Å². The van der Waals surface area contributed by atoms with E-state index in [4.69, 9.17) is 0 Å². The Hall–Kier alpha value is -3.36. The van der Waals surface area contributed by atoms with Crippen molar-refractivity contribution in [1.29, 1.82) is 0 Å². The van der Waals surface area contributed by atoms with E-state index in [0.29, 0.717) is 5.56 Å². The third-order valence-electron chi connectivity index (χ3n) is 4.87. The highest BCUT2D eigenvalue weighted by atomic mass is 32.2. The van der Waals surface area contributed by atoms with E-state index >= 15 is 0 Å². The molecule has 1 aromatic heterocycles. The van der Waals surface area contributed by atoms with Gasteiger partial charge in [0.15, 0.2) is 0 Å². The van der Waals surface area contributed by atoms with Crippen molar-refractivity contribution in [1.82, 2.24) is 10.2 Å². The van der Waals surface area contributed by atoms with Gasteiger partial charge in [0.25, 0.3) is 0 Å². The summed E-state index contributed by atoms with van der Waals surface area (Å²) in [5.74, 6) is -1.04. The molecule has 0 saturated carbocycles. The van der Waals surface area contributed by atoms with Crippen molar-refractivity contribution in [3.05, 3.63) is 107 Å². The first-order valence-electron chi connectivity index (χ1n) is 9.95. The van der Waals surface area contributed by atoms with Crippen molar-refractivity contribution in [3.8, 4) is 0 Å². The highest BCUT2D eigenvalue weighted by Gasteiger charge is 2.26. The zero-order chi connectivity index (χ0) is 22.6. The van der Waals surface area contributed by atoms with Gasteiger partial charge in [-0.2, -0.15) is 0 Å². The third-order valence-corrected chi connectivity index (χ3v) is 7.84. The van der Waals surface area contributed by atoms with Crippen molar-refractivity contribution in [2.45, 2.75) is 22.9 Å². The summed E-state index contributed by atoms with van der Waals surface area (Å²) in [4.78, 5) is 13.2. The van der Waals surface area contributed by atoms with E-state index in [2.05, 4.69) is 15.5 Å². The van der Waals surface area contributed by atoms with E-state index in [0.717, 1.165) is 28.0 Å². The lowest BCUT2D eigenvalue weighted by atomic mass is 9.90. The Morgan fingerprint density at radius 3 is 2.12 bits per heavy atom. The van der Waals surface area contributed by atoms with E-state index in [1.165, 1.54) is 0 Å². The molecule has 1 amide bonds. The molecule has 8 heteroatoms. The number of nitrogens with one attached hydrogen (secondary N) is 1. The molecule has 1 N–H and O–H groups in total. The van der Waals surface area contributed by atoms with Crippen LogP contribution in [0.4, 0.5) is 5.13 Å². The number of amides is 1. The van der Waals surface area contributed by atoms with Gasteiger partial charge in [0.1, 0.15) is 0 Å². The SMILES string of the molecule is Cc1cccc(CS(=O)(=O)c2nnc(NC(=O)C(c3ccccc3)c3ccccc3)s2)c1. The van der Waals surface area contributed by atoms with E-state index < -0.39 is 15.8 Å². The maximum atomic E-state index is 13.2. The number of rotatable bonds is 7. The van der Waals surface area contributed by atoms with Crippen LogP contribution in [0.5, 0.6) is 0 Å². The summed E-state index contributed by atoms with van der Waals surface area (Å²) in [5, 5.41) is 10.6. The normalized spacial score (nSPS) is 11.4. The fourth-order valence-electron chi connectivity index (χ4n) is 3.43. The number of carbonyl (C=O) groups excluding carboxylic acids is 1. The van der Waals surface area contributed by atoms with E-state index in [1.807, 2.05) is 85.8 Å². The maximum absolute atomic E-state index is 13.2. The van der Waals surface area contributed by atoms with Crippen LogP contribution in [0, 0.1) is 6.92 Å². The zero-order valence-corrected chi connectivity index (χ0v) is 18.9. The highest BCUT2D eigenvalue weighted by Crippen LogP contribution is 2.28. The molecule has 4 rings (SSSR count). The molecule has 0 aliphatic carbocycles. The van der Waals surface area contributed by atoms with E-state index in [9.17, 15) is 13.2 Å². The minimum absolute atomic E-state index is 0.120. The molecule has 0 fully saturated rings. The number of benzene rings is 3. The van der Waals surface area contributed by atoms with Gasteiger partial charge in [-0.15, -0.1) is 10.2 Å². The summed E-state index contributed by atoms with van der Waals surface area (Å²) in [7, 11) is -3.68. The maximum Gasteiger partial charge on any atom is 0.238 e. The minimum atomic E-state index is -3.68. The van der Waals surface area contributed by atoms with Crippen LogP contribution in [0.3, 0.4) is 0 Å². The van der Waals surface area contributed by atoms with Gasteiger partial charge in [-0.05, 0) is 23.6 Å². The first kappa shape index (κ1) is 21.9. The van der Waals surface area contributed by atoms with Crippen LogP contribution < -0.4 is 5.32 Å². The average molecular weight is 464 g/mol. The molecule has 0 saturated heterocycles. The predicted octanol–water partition coefficient (Wildman–Crippen LogP) is 4.59. The minimum Gasteiger partial charge on any atom is -0.300 e. The second-order valence-electron chi connectivity index (χ2n) is 7.36. The molecule has 0 spiro atoms. The largest absolute Gasteiger partial charge is 0.300 e. The van der Waals surface area contributed by atoms with Gasteiger partial charge >= 0.3 is 0 Å². The summed E-state index contributed by atoms with van der Waals surface area (Å²) in [5.41, 5.74) is 3.32. The second kappa shape index (κ2) is 9.42. The third kappa shape index (κ3) is 5.09. The number of anilines is 1. The van der Waals surface area contributed by atoms with Crippen LogP contribution in [-0.4, -0.2) is 24.5 Å². The lowest BCUT2D eigenvalue weighted by molar-refractivity contribution is -0.116.